The van der Waals surface area contributed by atoms with E-state index in [0.717, 1.165) is 47.9 Å². The van der Waals surface area contributed by atoms with Gasteiger partial charge in [-0.05, 0) is 54.2 Å². The van der Waals surface area contributed by atoms with Crippen molar-refractivity contribution in [2.45, 2.75) is 111 Å². The Morgan fingerprint density at radius 3 is 1.98 bits per heavy atom. The maximum atomic E-state index is 14.2. The third-order valence-corrected chi connectivity index (χ3v) is 10.7. The topological polar surface area (TPSA) is 117 Å². The molecule has 0 spiro atoms. The van der Waals surface area contributed by atoms with Gasteiger partial charge >= 0.3 is 6.09 Å². The average molecular weight is 739 g/mol. The minimum atomic E-state index is -0.787. The maximum Gasteiger partial charge on any atom is 0.410 e. The largest absolute Gasteiger partial charge is 0.445 e. The first-order valence-electron chi connectivity index (χ1n) is 19.5. The highest BCUT2D eigenvalue weighted by molar-refractivity contribution is 5.91. The van der Waals surface area contributed by atoms with Crippen LogP contribution in [0.3, 0.4) is 0 Å². The zero-order chi connectivity index (χ0) is 38.5. The summed E-state index contributed by atoms with van der Waals surface area (Å²) < 4.78 is 5.80. The van der Waals surface area contributed by atoms with Crippen LogP contribution in [0.25, 0.3) is 0 Å². The highest BCUT2D eigenvalue weighted by Crippen LogP contribution is 2.32. The lowest BCUT2D eigenvalue weighted by molar-refractivity contribution is -0.143. The van der Waals surface area contributed by atoms with Gasteiger partial charge in [0, 0.05) is 38.0 Å². The normalized spacial score (nSPS) is 16.3. The van der Waals surface area contributed by atoms with Gasteiger partial charge in [-0.15, -0.1) is 0 Å². The van der Waals surface area contributed by atoms with E-state index >= 15 is 0 Å². The monoisotopic (exact) mass is 738 g/mol. The van der Waals surface area contributed by atoms with E-state index in [-0.39, 0.29) is 49.5 Å². The number of amides is 4. The summed E-state index contributed by atoms with van der Waals surface area (Å²) in [6.07, 6.45) is 5.66. The fourth-order valence-corrected chi connectivity index (χ4v) is 7.50. The minimum Gasteiger partial charge on any atom is -0.445 e. The number of benzene rings is 3. The number of rotatable bonds is 15. The second kappa shape index (κ2) is 19.6. The van der Waals surface area contributed by atoms with Crippen LogP contribution in [0.2, 0.25) is 0 Å². The van der Waals surface area contributed by atoms with Gasteiger partial charge in [-0.1, -0.05) is 137 Å². The molecule has 2 N–H and O–H groups in total. The first kappa shape index (κ1) is 40.5. The van der Waals surface area contributed by atoms with Gasteiger partial charge in [0.1, 0.15) is 12.6 Å². The molecule has 2 atom stereocenters. The van der Waals surface area contributed by atoms with Crippen molar-refractivity contribution in [3.8, 4) is 0 Å². The number of ether oxygens (including phenoxy) is 1. The van der Waals surface area contributed by atoms with E-state index in [0.29, 0.717) is 44.8 Å². The zero-order valence-corrected chi connectivity index (χ0v) is 32.4. The van der Waals surface area contributed by atoms with Gasteiger partial charge in [-0.3, -0.25) is 19.2 Å². The van der Waals surface area contributed by atoms with Gasteiger partial charge < -0.3 is 19.9 Å². The predicted octanol–water partition coefficient (Wildman–Crippen LogP) is 7.49. The number of hydrogen-bond donors (Lipinski definition) is 2. The van der Waals surface area contributed by atoms with Crippen molar-refractivity contribution < 1.29 is 28.8 Å². The van der Waals surface area contributed by atoms with Crippen molar-refractivity contribution in [1.29, 1.82) is 0 Å². The fraction of sp³-hybridized carbons (Fsp3) is 0.500. The van der Waals surface area contributed by atoms with Crippen LogP contribution >= 0.6 is 0 Å². The van der Waals surface area contributed by atoms with Crippen LogP contribution in [0.15, 0.2) is 84.9 Å². The number of aryl methyl sites for hydroxylation is 1. The molecule has 1 aliphatic heterocycles. The van der Waals surface area contributed by atoms with Crippen molar-refractivity contribution >= 4 is 23.8 Å². The van der Waals surface area contributed by atoms with E-state index in [1.165, 1.54) is 0 Å². The smallest absolute Gasteiger partial charge is 0.410 e. The Balaban J connectivity index is 1.21. The molecular formula is C44H58N4O6. The number of hydrogen-bond acceptors (Lipinski definition) is 6. The summed E-state index contributed by atoms with van der Waals surface area (Å²) in [5.41, 5.74) is 5.94. The summed E-state index contributed by atoms with van der Waals surface area (Å²) in [5, 5.41) is 3.10. The quantitative estimate of drug-likeness (QED) is 0.156. The number of likely N-dealkylation sites (tertiary alicyclic amines) is 1. The Kier molecular flexibility index (Phi) is 14.7. The van der Waals surface area contributed by atoms with Crippen LogP contribution in [0.1, 0.15) is 94.4 Å². The van der Waals surface area contributed by atoms with E-state index in [1.54, 1.807) is 4.90 Å². The number of piperidine rings is 1. The summed E-state index contributed by atoms with van der Waals surface area (Å²) in [5.74, 6) is -1.02. The molecule has 54 heavy (non-hydrogen) atoms. The maximum absolute atomic E-state index is 14.2. The van der Waals surface area contributed by atoms with Crippen molar-refractivity contribution in [2.24, 2.45) is 17.3 Å². The third-order valence-electron chi connectivity index (χ3n) is 10.7. The summed E-state index contributed by atoms with van der Waals surface area (Å²) in [6, 6.07) is 26.4. The molecule has 2 fully saturated rings. The molecule has 5 rings (SSSR count). The molecule has 1 aliphatic carbocycles. The van der Waals surface area contributed by atoms with E-state index < -0.39 is 17.4 Å². The van der Waals surface area contributed by atoms with Crippen LogP contribution in [0, 0.1) is 24.2 Å². The number of nitrogens with one attached hydrogen (secondary N) is 2. The highest BCUT2D eigenvalue weighted by atomic mass is 16.6. The van der Waals surface area contributed by atoms with Gasteiger partial charge in [0.05, 0.1) is 6.61 Å². The van der Waals surface area contributed by atoms with Crippen LogP contribution in [0.4, 0.5) is 4.79 Å². The molecule has 1 saturated carbocycles. The highest BCUT2D eigenvalue weighted by Gasteiger charge is 2.40. The van der Waals surface area contributed by atoms with E-state index in [2.05, 4.69) is 10.8 Å². The first-order valence-corrected chi connectivity index (χ1v) is 19.5. The molecule has 0 radical (unpaired) electrons. The molecule has 1 saturated heterocycles. The second-order valence-electron chi connectivity index (χ2n) is 16.1. The lowest BCUT2D eigenvalue weighted by Gasteiger charge is -2.41. The average Bonchev–Trinajstić information content (AvgIpc) is 3.69. The zero-order valence-electron chi connectivity index (χ0n) is 32.4. The Morgan fingerprint density at radius 1 is 0.796 bits per heavy atom. The number of hydroxylamine groups is 1. The molecule has 10 heteroatoms. The van der Waals surface area contributed by atoms with Crippen molar-refractivity contribution in [3.63, 3.8) is 0 Å². The molecule has 0 aromatic heterocycles. The Hall–Kier alpha value is -4.70. The molecule has 290 valence electrons. The second-order valence-corrected chi connectivity index (χ2v) is 16.1. The lowest BCUT2D eigenvalue weighted by Crippen LogP contribution is -2.58. The van der Waals surface area contributed by atoms with Gasteiger partial charge in [0.25, 0.3) is 0 Å². The summed E-state index contributed by atoms with van der Waals surface area (Å²) >= 11 is 0. The van der Waals surface area contributed by atoms with Crippen LogP contribution in [-0.2, 0) is 43.7 Å². The molecule has 0 bridgehead atoms. The lowest BCUT2D eigenvalue weighted by atomic mass is 9.84. The van der Waals surface area contributed by atoms with E-state index in [1.807, 2.05) is 118 Å². The summed E-state index contributed by atoms with van der Waals surface area (Å²) in [7, 11) is 0. The number of carbonyl (C=O) groups is 4. The number of carbonyl (C=O) groups excluding carboxylic acids is 4. The molecule has 1 heterocycles. The molecular weight excluding hydrogens is 681 g/mol. The van der Waals surface area contributed by atoms with Crippen LogP contribution in [0.5, 0.6) is 0 Å². The fourth-order valence-electron chi connectivity index (χ4n) is 7.50. The van der Waals surface area contributed by atoms with Crippen LogP contribution in [-0.4, -0.2) is 58.8 Å². The van der Waals surface area contributed by atoms with Crippen LogP contribution < -0.4 is 10.8 Å². The number of nitrogens with zero attached hydrogens (tertiary/aromatic N) is 2. The van der Waals surface area contributed by atoms with E-state index in [4.69, 9.17) is 9.57 Å². The molecule has 4 amide bonds. The SMILES string of the molecule is Cc1ccc(CN(C(=O)OCc2ccccc2)C2CCN(C(=O)[C@@H](NC(=O)[C@@H](CC(=O)NOCc3ccccc3)CC3CCCC3)C(C)(C)C)CC2)cc1. The Morgan fingerprint density at radius 2 is 1.39 bits per heavy atom. The molecule has 2 aliphatic rings. The van der Waals surface area contributed by atoms with Gasteiger partial charge in [-0.25, -0.2) is 10.3 Å². The van der Waals surface area contributed by atoms with Gasteiger partial charge in [-0.2, -0.15) is 0 Å². The van der Waals surface area contributed by atoms with E-state index in [9.17, 15) is 19.2 Å². The van der Waals surface area contributed by atoms with Gasteiger partial charge in [0.2, 0.25) is 17.7 Å². The Labute approximate surface area is 320 Å². The molecule has 3 aromatic carbocycles. The summed E-state index contributed by atoms with van der Waals surface area (Å²) in [4.78, 5) is 64.0. The molecule has 0 unspecified atom stereocenters. The predicted molar refractivity (Wildman–Crippen MR) is 208 cm³/mol. The van der Waals surface area contributed by atoms with Crippen molar-refractivity contribution in [1.82, 2.24) is 20.6 Å². The standard InChI is InChI=1S/C44H58N4O6/c1-32-19-21-34(22-20-32)29-48(43(52)53-30-35-15-7-5-8-16-35)38-23-25-47(26-24-38)42(51)40(44(2,3)4)45-41(50)37(27-33-13-11-12-14-33)28-39(49)46-54-31-36-17-9-6-10-18-36/h5-10,15-22,33,37-38,40H,11-14,23-31H2,1-4H3,(H,45,50)(H,46,49)/t37-,40-/m1/s1. The van der Waals surface area contributed by atoms with Crippen molar-refractivity contribution in [2.75, 3.05) is 13.1 Å². The third kappa shape index (κ3) is 12.2. The Bertz CT molecular complexity index is 1650. The van der Waals surface area contributed by atoms with Gasteiger partial charge in [0.15, 0.2) is 0 Å². The molecule has 3 aromatic rings. The molecule has 10 nitrogen and oxygen atoms in total. The minimum absolute atomic E-state index is 0.0231. The summed E-state index contributed by atoms with van der Waals surface area (Å²) in [6.45, 7) is 9.57. The van der Waals surface area contributed by atoms with Crippen molar-refractivity contribution in [3.05, 3.63) is 107 Å². The first-order chi connectivity index (χ1) is 26.0.